The SMILES string of the molecule is CNC(=O)c1cc(NC(=O)N2CCCC(c3ccn[nH]3)C2)ccc1OC. The molecule has 3 amide bonds. The van der Waals surface area contributed by atoms with Crippen molar-refractivity contribution in [2.24, 2.45) is 0 Å². The molecule has 1 aliphatic heterocycles. The van der Waals surface area contributed by atoms with Crippen LogP contribution in [0, 0.1) is 0 Å². The maximum Gasteiger partial charge on any atom is 0.321 e. The standard InChI is InChI=1S/C18H23N5O3/c1-19-17(24)14-10-13(5-6-16(14)26-2)21-18(25)23-9-3-4-12(11-23)15-7-8-20-22-15/h5-8,10,12H,3-4,9,11H2,1-2H3,(H,19,24)(H,20,22)(H,21,25). The van der Waals surface area contributed by atoms with E-state index in [1.54, 1.807) is 36.3 Å². The van der Waals surface area contributed by atoms with Gasteiger partial charge in [0.2, 0.25) is 0 Å². The van der Waals surface area contributed by atoms with Gasteiger partial charge in [0.05, 0.1) is 12.7 Å². The molecule has 1 fully saturated rings. The summed E-state index contributed by atoms with van der Waals surface area (Å²) in [6, 6.07) is 6.78. The van der Waals surface area contributed by atoms with Gasteiger partial charge in [-0.15, -0.1) is 0 Å². The smallest absolute Gasteiger partial charge is 0.321 e. The molecule has 0 spiro atoms. The molecular formula is C18H23N5O3. The molecule has 3 N–H and O–H groups in total. The molecule has 0 bridgehead atoms. The maximum atomic E-state index is 12.6. The zero-order valence-electron chi connectivity index (χ0n) is 14.9. The normalized spacial score (nSPS) is 16.8. The number of carbonyl (C=O) groups excluding carboxylic acids is 2. The fourth-order valence-electron chi connectivity index (χ4n) is 3.21. The number of hydrogen-bond donors (Lipinski definition) is 3. The third kappa shape index (κ3) is 3.79. The van der Waals surface area contributed by atoms with Gasteiger partial charge in [-0.3, -0.25) is 9.89 Å². The lowest BCUT2D eigenvalue weighted by Gasteiger charge is -2.32. The summed E-state index contributed by atoms with van der Waals surface area (Å²) in [7, 11) is 3.06. The van der Waals surface area contributed by atoms with Crippen molar-refractivity contribution < 1.29 is 14.3 Å². The summed E-state index contributed by atoms with van der Waals surface area (Å²) in [5.74, 6) is 0.448. The molecule has 1 atom stereocenters. The molecule has 2 aromatic rings. The van der Waals surface area contributed by atoms with Crippen LogP contribution in [-0.4, -0.2) is 54.3 Å². The highest BCUT2D eigenvalue weighted by atomic mass is 16.5. The fourth-order valence-corrected chi connectivity index (χ4v) is 3.21. The van der Waals surface area contributed by atoms with Crippen molar-refractivity contribution in [3.63, 3.8) is 0 Å². The van der Waals surface area contributed by atoms with Crippen molar-refractivity contribution in [1.82, 2.24) is 20.4 Å². The number of urea groups is 1. The molecule has 1 aromatic heterocycles. The van der Waals surface area contributed by atoms with Gasteiger partial charge < -0.3 is 20.3 Å². The molecule has 0 aliphatic carbocycles. The van der Waals surface area contributed by atoms with Crippen LogP contribution >= 0.6 is 0 Å². The Kier molecular flexibility index (Phi) is 5.40. The lowest BCUT2D eigenvalue weighted by Crippen LogP contribution is -2.41. The quantitative estimate of drug-likeness (QED) is 0.781. The third-order valence-electron chi connectivity index (χ3n) is 4.59. The predicted molar refractivity (Wildman–Crippen MR) is 97.5 cm³/mol. The number of benzene rings is 1. The second kappa shape index (κ2) is 7.90. The Morgan fingerprint density at radius 2 is 2.19 bits per heavy atom. The van der Waals surface area contributed by atoms with Gasteiger partial charge in [0.15, 0.2) is 0 Å². The van der Waals surface area contributed by atoms with Crippen LogP contribution in [0.25, 0.3) is 0 Å². The molecule has 8 heteroatoms. The van der Waals surface area contributed by atoms with Crippen molar-refractivity contribution in [2.45, 2.75) is 18.8 Å². The van der Waals surface area contributed by atoms with Crippen molar-refractivity contribution in [3.8, 4) is 5.75 Å². The fraction of sp³-hybridized carbons (Fsp3) is 0.389. The summed E-state index contributed by atoms with van der Waals surface area (Å²) >= 11 is 0. The minimum Gasteiger partial charge on any atom is -0.496 e. The first-order chi connectivity index (χ1) is 12.6. The van der Waals surface area contributed by atoms with E-state index in [2.05, 4.69) is 20.8 Å². The minimum atomic E-state index is -0.268. The largest absolute Gasteiger partial charge is 0.496 e. The number of carbonyl (C=O) groups is 2. The van der Waals surface area contributed by atoms with E-state index >= 15 is 0 Å². The Bertz CT molecular complexity index is 775. The van der Waals surface area contributed by atoms with E-state index in [1.165, 1.54) is 7.11 Å². The molecule has 1 aromatic carbocycles. The van der Waals surface area contributed by atoms with Crippen molar-refractivity contribution in [2.75, 3.05) is 32.6 Å². The van der Waals surface area contributed by atoms with Gasteiger partial charge in [0.25, 0.3) is 5.91 Å². The monoisotopic (exact) mass is 357 g/mol. The van der Waals surface area contributed by atoms with Crippen LogP contribution in [0.5, 0.6) is 5.75 Å². The lowest BCUT2D eigenvalue weighted by atomic mass is 9.95. The first-order valence-electron chi connectivity index (χ1n) is 8.57. The highest BCUT2D eigenvalue weighted by molar-refractivity contribution is 5.99. The average Bonchev–Trinajstić information content (AvgIpc) is 3.22. The zero-order chi connectivity index (χ0) is 18.5. The summed E-state index contributed by atoms with van der Waals surface area (Å²) in [5.41, 5.74) is 1.98. The highest BCUT2D eigenvalue weighted by Crippen LogP contribution is 2.27. The predicted octanol–water partition coefficient (Wildman–Crippen LogP) is 2.19. The molecule has 138 valence electrons. The number of hydrogen-bond acceptors (Lipinski definition) is 4. The number of ether oxygens (including phenoxy) is 1. The second-order valence-electron chi connectivity index (χ2n) is 6.22. The Morgan fingerprint density at radius 1 is 1.35 bits per heavy atom. The summed E-state index contributed by atoms with van der Waals surface area (Å²) in [6.07, 6.45) is 3.69. The van der Waals surface area contributed by atoms with Gasteiger partial charge >= 0.3 is 6.03 Å². The number of aromatic nitrogens is 2. The Labute approximate surface area is 151 Å². The number of amides is 3. The van der Waals surface area contributed by atoms with Gasteiger partial charge in [0, 0.05) is 43.6 Å². The second-order valence-corrected chi connectivity index (χ2v) is 6.22. The van der Waals surface area contributed by atoms with Crippen LogP contribution in [0.1, 0.15) is 34.8 Å². The molecular weight excluding hydrogens is 334 g/mol. The van der Waals surface area contributed by atoms with Crippen molar-refractivity contribution in [3.05, 3.63) is 41.7 Å². The number of anilines is 1. The Morgan fingerprint density at radius 3 is 2.88 bits per heavy atom. The topological polar surface area (TPSA) is 99.4 Å². The number of nitrogens with zero attached hydrogens (tertiary/aromatic N) is 2. The number of rotatable bonds is 4. The van der Waals surface area contributed by atoms with E-state index in [0.29, 0.717) is 30.1 Å². The van der Waals surface area contributed by atoms with Crippen LogP contribution in [0.2, 0.25) is 0 Å². The number of H-pyrrole nitrogens is 1. The van der Waals surface area contributed by atoms with Crippen LogP contribution < -0.4 is 15.4 Å². The summed E-state index contributed by atoms with van der Waals surface area (Å²) in [6.45, 7) is 1.33. The molecule has 0 radical (unpaired) electrons. The number of aromatic amines is 1. The van der Waals surface area contributed by atoms with E-state index in [-0.39, 0.29) is 17.9 Å². The Hall–Kier alpha value is -3.03. The molecule has 8 nitrogen and oxygen atoms in total. The first-order valence-corrected chi connectivity index (χ1v) is 8.57. The van der Waals surface area contributed by atoms with Crippen LogP contribution in [0.3, 0.4) is 0 Å². The number of nitrogens with one attached hydrogen (secondary N) is 3. The van der Waals surface area contributed by atoms with Crippen LogP contribution in [0.15, 0.2) is 30.5 Å². The minimum absolute atomic E-state index is 0.178. The van der Waals surface area contributed by atoms with Gasteiger partial charge in [-0.25, -0.2) is 4.79 Å². The van der Waals surface area contributed by atoms with Crippen LogP contribution in [0.4, 0.5) is 10.5 Å². The van der Waals surface area contributed by atoms with Crippen molar-refractivity contribution >= 4 is 17.6 Å². The molecule has 2 heterocycles. The van der Waals surface area contributed by atoms with E-state index in [0.717, 1.165) is 18.5 Å². The van der Waals surface area contributed by atoms with Gasteiger partial charge in [0.1, 0.15) is 5.75 Å². The van der Waals surface area contributed by atoms with Gasteiger partial charge in [-0.1, -0.05) is 0 Å². The number of piperidine rings is 1. The van der Waals surface area contributed by atoms with E-state index in [1.807, 2.05) is 6.07 Å². The molecule has 0 saturated carbocycles. The molecule has 1 saturated heterocycles. The number of methoxy groups -OCH3 is 1. The van der Waals surface area contributed by atoms with Gasteiger partial charge in [-0.05, 0) is 37.1 Å². The molecule has 26 heavy (non-hydrogen) atoms. The number of likely N-dealkylation sites (tertiary alicyclic amines) is 1. The Balaban J connectivity index is 1.70. The molecule has 1 aliphatic rings. The molecule has 3 rings (SSSR count). The zero-order valence-corrected chi connectivity index (χ0v) is 14.9. The lowest BCUT2D eigenvalue weighted by molar-refractivity contribution is 0.0960. The molecule has 1 unspecified atom stereocenters. The van der Waals surface area contributed by atoms with E-state index in [4.69, 9.17) is 4.74 Å². The summed E-state index contributed by atoms with van der Waals surface area (Å²) < 4.78 is 5.21. The van der Waals surface area contributed by atoms with E-state index < -0.39 is 0 Å². The third-order valence-corrected chi connectivity index (χ3v) is 4.59. The summed E-state index contributed by atoms with van der Waals surface area (Å²) in [5, 5.41) is 12.4. The van der Waals surface area contributed by atoms with Crippen molar-refractivity contribution in [1.29, 1.82) is 0 Å². The average molecular weight is 357 g/mol. The highest BCUT2D eigenvalue weighted by Gasteiger charge is 2.25. The summed E-state index contributed by atoms with van der Waals surface area (Å²) in [4.78, 5) is 26.4. The van der Waals surface area contributed by atoms with E-state index in [9.17, 15) is 9.59 Å². The van der Waals surface area contributed by atoms with Gasteiger partial charge in [-0.2, -0.15) is 5.10 Å². The van der Waals surface area contributed by atoms with Crippen LogP contribution in [-0.2, 0) is 0 Å². The maximum absolute atomic E-state index is 12.6. The first kappa shape index (κ1) is 17.8.